The largest absolute Gasteiger partial charge is 0.445 e. The second kappa shape index (κ2) is 13.3. The molecule has 4 aliphatic carbocycles. The Balaban J connectivity index is 1.28. The summed E-state index contributed by atoms with van der Waals surface area (Å²) in [4.78, 5) is 21.0. The third-order valence-corrected chi connectivity index (χ3v) is 11.5. The van der Waals surface area contributed by atoms with Gasteiger partial charge >= 0.3 is 6.09 Å². The lowest BCUT2D eigenvalue weighted by molar-refractivity contribution is 0.0512. The standard InChI is InChI=1S/C36H55N3O4/c1-6-9-27-22-38-33(39-27)36(18-19-36)32(43-34(42)37-7-2)16-11-23(3)29-14-15-30-25(10-8-17-35(29,30)5)12-13-26-20-28(40)21-31(41)24(26)4/h12-13,22-23,28-32,40-41H,4,6-11,14-21H2,1-3,5H3,(H,37,42)(H,38,39)/t23-,28-,29-,30+,31+,32-,35-/m1/s1. The van der Waals surface area contributed by atoms with E-state index in [9.17, 15) is 15.0 Å². The molecule has 43 heavy (non-hydrogen) atoms. The molecule has 4 fully saturated rings. The van der Waals surface area contributed by atoms with Crippen LogP contribution in [0.15, 0.2) is 41.6 Å². The number of hydrogen-bond acceptors (Lipinski definition) is 5. The first kappa shape index (κ1) is 32.0. The zero-order valence-electron chi connectivity index (χ0n) is 27.0. The maximum atomic E-state index is 12.7. The van der Waals surface area contributed by atoms with Crippen molar-refractivity contribution in [1.29, 1.82) is 0 Å². The molecule has 4 aliphatic rings. The van der Waals surface area contributed by atoms with Gasteiger partial charge in [0.2, 0.25) is 0 Å². The Hall–Kier alpha value is -2.38. The summed E-state index contributed by atoms with van der Waals surface area (Å²) >= 11 is 0. The van der Waals surface area contributed by atoms with Crippen molar-refractivity contribution in [2.24, 2.45) is 23.2 Å². The molecule has 5 rings (SSSR count). The van der Waals surface area contributed by atoms with Gasteiger partial charge in [0, 0.05) is 24.9 Å². The topological polar surface area (TPSA) is 107 Å². The number of aromatic amines is 1. The molecule has 0 radical (unpaired) electrons. The van der Waals surface area contributed by atoms with Gasteiger partial charge in [0.1, 0.15) is 11.9 Å². The van der Waals surface area contributed by atoms with Crippen molar-refractivity contribution >= 4 is 6.09 Å². The number of allylic oxidation sites excluding steroid dienone is 3. The molecule has 7 heteroatoms. The molecule has 238 valence electrons. The second-order valence-electron chi connectivity index (χ2n) is 14.3. The van der Waals surface area contributed by atoms with E-state index in [0.29, 0.717) is 37.1 Å². The molecule has 0 spiro atoms. The third-order valence-electron chi connectivity index (χ3n) is 11.5. The van der Waals surface area contributed by atoms with Gasteiger partial charge < -0.3 is 25.3 Å². The summed E-state index contributed by atoms with van der Waals surface area (Å²) in [5.74, 6) is 2.71. The van der Waals surface area contributed by atoms with Crippen LogP contribution < -0.4 is 5.32 Å². The molecule has 1 aromatic rings. The van der Waals surface area contributed by atoms with Gasteiger partial charge in [-0.15, -0.1) is 0 Å². The average Bonchev–Trinajstić information content (AvgIpc) is 3.49. The summed E-state index contributed by atoms with van der Waals surface area (Å²) in [7, 11) is 0. The van der Waals surface area contributed by atoms with Crippen LogP contribution >= 0.6 is 0 Å². The van der Waals surface area contributed by atoms with E-state index in [2.05, 4.69) is 49.8 Å². The highest BCUT2D eigenvalue weighted by Crippen LogP contribution is 2.60. The fourth-order valence-corrected chi connectivity index (χ4v) is 8.91. The van der Waals surface area contributed by atoms with Crippen molar-refractivity contribution < 1.29 is 19.7 Å². The molecule has 1 amide bonds. The summed E-state index contributed by atoms with van der Waals surface area (Å²) < 4.78 is 6.15. The number of H-pyrrole nitrogens is 1. The van der Waals surface area contributed by atoms with Crippen LogP contribution in [-0.4, -0.2) is 51.1 Å². The number of fused-ring (bicyclic) bond motifs is 1. The molecule has 7 nitrogen and oxygen atoms in total. The van der Waals surface area contributed by atoms with Gasteiger partial charge in [-0.25, -0.2) is 9.78 Å². The van der Waals surface area contributed by atoms with E-state index >= 15 is 0 Å². The average molecular weight is 594 g/mol. The number of amides is 1. The molecular formula is C36H55N3O4. The molecular weight excluding hydrogens is 538 g/mol. The van der Waals surface area contributed by atoms with Gasteiger partial charge in [-0.3, -0.25) is 0 Å². The van der Waals surface area contributed by atoms with E-state index in [1.807, 2.05) is 13.1 Å². The monoisotopic (exact) mass is 593 g/mol. The van der Waals surface area contributed by atoms with Crippen molar-refractivity contribution in [3.8, 4) is 0 Å². The van der Waals surface area contributed by atoms with Crippen LogP contribution in [0.3, 0.4) is 0 Å². The molecule has 0 saturated heterocycles. The van der Waals surface area contributed by atoms with Crippen LogP contribution in [0.4, 0.5) is 4.79 Å². The SMILES string of the molecule is C=C1C(=CC=C2CCC[C@]3(C)[C@@H]([C@H](C)CC[C@@H](OC(=O)NCC)C4(c5ncc(CCC)[nH]5)CC4)CC[C@@H]23)C[C@@H](O)C[C@@H]1O. The quantitative estimate of drug-likeness (QED) is 0.220. The number of nitrogens with one attached hydrogen (secondary N) is 2. The number of rotatable bonds is 11. The molecule has 1 aromatic heterocycles. The van der Waals surface area contributed by atoms with Crippen LogP contribution in [0.5, 0.6) is 0 Å². The lowest BCUT2D eigenvalue weighted by atomic mass is 9.60. The van der Waals surface area contributed by atoms with Crippen molar-refractivity contribution in [2.75, 3.05) is 6.54 Å². The molecule has 7 atom stereocenters. The van der Waals surface area contributed by atoms with E-state index in [0.717, 1.165) is 67.6 Å². The van der Waals surface area contributed by atoms with Crippen LogP contribution in [-0.2, 0) is 16.6 Å². The second-order valence-corrected chi connectivity index (χ2v) is 14.3. The van der Waals surface area contributed by atoms with E-state index in [1.54, 1.807) is 0 Å². The molecule has 4 saturated carbocycles. The number of ether oxygens (including phenoxy) is 1. The van der Waals surface area contributed by atoms with E-state index in [4.69, 9.17) is 9.72 Å². The Labute approximate surface area is 258 Å². The van der Waals surface area contributed by atoms with E-state index < -0.39 is 12.2 Å². The lowest BCUT2D eigenvalue weighted by Crippen LogP contribution is -2.38. The first-order valence-electron chi connectivity index (χ1n) is 17.0. The van der Waals surface area contributed by atoms with Gasteiger partial charge in [-0.2, -0.15) is 0 Å². The Kier molecular flexibility index (Phi) is 9.92. The fourth-order valence-electron chi connectivity index (χ4n) is 8.91. The molecule has 0 bridgehead atoms. The minimum Gasteiger partial charge on any atom is -0.445 e. The van der Waals surface area contributed by atoms with E-state index in [1.165, 1.54) is 31.3 Å². The number of aryl methyl sites for hydroxylation is 1. The van der Waals surface area contributed by atoms with Crippen LogP contribution in [0.1, 0.15) is 116 Å². The Morgan fingerprint density at radius 3 is 2.74 bits per heavy atom. The van der Waals surface area contributed by atoms with Crippen molar-refractivity contribution in [1.82, 2.24) is 15.3 Å². The summed E-state index contributed by atoms with van der Waals surface area (Å²) in [5.41, 5.74) is 4.49. The summed E-state index contributed by atoms with van der Waals surface area (Å²) in [6, 6.07) is 0. The maximum absolute atomic E-state index is 12.7. The number of alkyl carbamates (subject to hydrolysis) is 1. The number of aliphatic hydroxyl groups is 2. The van der Waals surface area contributed by atoms with Crippen molar-refractivity contribution in [3.05, 3.63) is 53.2 Å². The summed E-state index contributed by atoms with van der Waals surface area (Å²) in [6.07, 6.45) is 17.6. The van der Waals surface area contributed by atoms with Gasteiger partial charge in [0.15, 0.2) is 0 Å². The minimum absolute atomic E-state index is 0.185. The van der Waals surface area contributed by atoms with Gasteiger partial charge in [-0.1, -0.05) is 51.5 Å². The number of carbonyl (C=O) groups is 1. The molecule has 4 N–H and O–H groups in total. The molecule has 0 unspecified atom stereocenters. The summed E-state index contributed by atoms with van der Waals surface area (Å²) in [6.45, 7) is 13.7. The zero-order valence-corrected chi connectivity index (χ0v) is 27.0. The predicted molar refractivity (Wildman–Crippen MR) is 171 cm³/mol. The maximum Gasteiger partial charge on any atom is 0.407 e. The lowest BCUT2D eigenvalue weighted by Gasteiger charge is -2.44. The normalized spacial score (nSPS) is 33.3. The number of imidazole rings is 1. The third kappa shape index (κ3) is 6.68. The first-order valence-corrected chi connectivity index (χ1v) is 17.0. The number of carbonyl (C=O) groups excluding carboxylic acids is 1. The van der Waals surface area contributed by atoms with Crippen LogP contribution in [0.25, 0.3) is 0 Å². The first-order chi connectivity index (χ1) is 20.6. The van der Waals surface area contributed by atoms with Gasteiger partial charge in [-0.05, 0) is 112 Å². The van der Waals surface area contributed by atoms with E-state index in [-0.39, 0.29) is 23.0 Å². The molecule has 1 heterocycles. The van der Waals surface area contributed by atoms with Gasteiger partial charge in [0.05, 0.1) is 17.6 Å². The highest BCUT2D eigenvalue weighted by atomic mass is 16.6. The Morgan fingerprint density at radius 1 is 1.23 bits per heavy atom. The Morgan fingerprint density at radius 2 is 2.02 bits per heavy atom. The minimum atomic E-state index is -0.650. The van der Waals surface area contributed by atoms with Crippen molar-refractivity contribution in [2.45, 2.75) is 135 Å². The van der Waals surface area contributed by atoms with Crippen molar-refractivity contribution in [3.63, 3.8) is 0 Å². The van der Waals surface area contributed by atoms with Crippen LogP contribution in [0, 0.1) is 23.2 Å². The number of hydrogen-bond donors (Lipinski definition) is 4. The highest BCUT2D eigenvalue weighted by Gasteiger charge is 2.56. The van der Waals surface area contributed by atoms with Crippen LogP contribution in [0.2, 0.25) is 0 Å². The number of aliphatic hydroxyl groups excluding tert-OH is 2. The van der Waals surface area contributed by atoms with Gasteiger partial charge in [0.25, 0.3) is 0 Å². The molecule has 0 aliphatic heterocycles. The predicted octanol–water partition coefficient (Wildman–Crippen LogP) is 7.07. The number of aromatic nitrogens is 2. The molecule has 0 aromatic carbocycles. The smallest absolute Gasteiger partial charge is 0.407 e. The highest BCUT2D eigenvalue weighted by molar-refractivity contribution is 5.67. The zero-order chi connectivity index (χ0) is 30.8. The Bertz CT molecular complexity index is 1210. The number of nitrogens with zero attached hydrogens (tertiary/aromatic N) is 1. The summed E-state index contributed by atoms with van der Waals surface area (Å²) in [5, 5.41) is 23.3. The fraction of sp³-hybridized carbons (Fsp3) is 0.722.